The molecule has 0 aliphatic carbocycles. The molecule has 6 heteroatoms. The van der Waals surface area contributed by atoms with Crippen LogP contribution in [0.15, 0.2) is 78.9 Å². The van der Waals surface area contributed by atoms with E-state index in [-0.39, 0.29) is 17.6 Å². The second-order valence-corrected chi connectivity index (χ2v) is 8.46. The van der Waals surface area contributed by atoms with Crippen molar-refractivity contribution in [1.29, 1.82) is 0 Å². The Bertz CT molecular complexity index is 1080. The van der Waals surface area contributed by atoms with Crippen LogP contribution in [-0.2, 0) is 6.42 Å². The van der Waals surface area contributed by atoms with Gasteiger partial charge in [-0.2, -0.15) is 0 Å². The van der Waals surface area contributed by atoms with Crippen molar-refractivity contribution in [2.45, 2.75) is 19.3 Å². The molecule has 33 heavy (non-hydrogen) atoms. The second-order valence-electron chi connectivity index (χ2n) is 8.46. The third-order valence-electron chi connectivity index (χ3n) is 6.02. The molecule has 1 heterocycles. The molecule has 0 saturated carbocycles. The van der Waals surface area contributed by atoms with Crippen molar-refractivity contribution >= 4 is 23.2 Å². The van der Waals surface area contributed by atoms with E-state index >= 15 is 0 Å². The molecule has 5 nitrogen and oxygen atoms in total. The highest BCUT2D eigenvalue weighted by Crippen LogP contribution is 2.23. The fraction of sp³-hybridized carbons (Fsp3) is 0.259. The Morgan fingerprint density at radius 1 is 0.848 bits per heavy atom. The molecule has 2 amide bonds. The fourth-order valence-electron chi connectivity index (χ4n) is 4.23. The maximum Gasteiger partial charge on any atom is 0.323 e. The summed E-state index contributed by atoms with van der Waals surface area (Å²) in [6, 6.07) is 22.6. The number of piperidine rings is 1. The van der Waals surface area contributed by atoms with Crippen LogP contribution in [0.4, 0.5) is 20.6 Å². The molecule has 1 saturated heterocycles. The van der Waals surface area contributed by atoms with E-state index in [1.807, 2.05) is 36.4 Å². The molecule has 3 aromatic carbocycles. The largest absolute Gasteiger partial charge is 0.323 e. The van der Waals surface area contributed by atoms with E-state index < -0.39 is 0 Å². The number of ketones is 1. The Hall–Kier alpha value is -3.51. The highest BCUT2D eigenvalue weighted by Gasteiger charge is 2.23. The number of urea groups is 1. The van der Waals surface area contributed by atoms with Crippen molar-refractivity contribution in [2.75, 3.05) is 30.3 Å². The van der Waals surface area contributed by atoms with E-state index in [0.29, 0.717) is 29.4 Å². The van der Waals surface area contributed by atoms with Crippen LogP contribution < -0.4 is 10.6 Å². The monoisotopic (exact) mass is 445 g/mol. The van der Waals surface area contributed by atoms with Crippen LogP contribution in [-0.4, -0.2) is 36.3 Å². The third-order valence-corrected chi connectivity index (χ3v) is 6.02. The predicted molar refractivity (Wildman–Crippen MR) is 129 cm³/mol. The number of nitrogens with zero attached hydrogens (tertiary/aromatic N) is 1. The lowest BCUT2D eigenvalue weighted by Crippen LogP contribution is -2.38. The summed E-state index contributed by atoms with van der Waals surface area (Å²) in [6.45, 7) is 2.02. The lowest BCUT2D eigenvalue weighted by atomic mass is 9.90. The van der Waals surface area contributed by atoms with Crippen LogP contribution in [0.25, 0.3) is 0 Å². The quantitative estimate of drug-likeness (QED) is 0.465. The van der Waals surface area contributed by atoms with E-state index in [2.05, 4.69) is 15.5 Å². The van der Waals surface area contributed by atoms with Gasteiger partial charge in [0, 0.05) is 11.3 Å². The van der Waals surface area contributed by atoms with Crippen molar-refractivity contribution in [1.82, 2.24) is 4.90 Å². The van der Waals surface area contributed by atoms with Gasteiger partial charge in [-0.1, -0.05) is 42.5 Å². The van der Waals surface area contributed by atoms with E-state index in [1.165, 1.54) is 12.1 Å². The van der Waals surface area contributed by atoms with Gasteiger partial charge in [0.1, 0.15) is 5.82 Å². The van der Waals surface area contributed by atoms with Gasteiger partial charge in [0.25, 0.3) is 0 Å². The second kappa shape index (κ2) is 10.9. The normalized spacial score (nSPS) is 14.6. The lowest BCUT2D eigenvalue weighted by Gasteiger charge is -2.31. The van der Waals surface area contributed by atoms with E-state index in [0.717, 1.165) is 37.9 Å². The Kier molecular flexibility index (Phi) is 7.47. The van der Waals surface area contributed by atoms with Gasteiger partial charge in [-0.25, -0.2) is 9.18 Å². The molecule has 0 atom stereocenters. The number of rotatable bonds is 7. The minimum atomic E-state index is -0.386. The molecule has 4 rings (SSSR count). The number of nitrogens with one attached hydrogen (secondary N) is 2. The van der Waals surface area contributed by atoms with Crippen LogP contribution in [0.3, 0.4) is 0 Å². The number of amides is 2. The molecule has 3 aromatic rings. The molecule has 0 unspecified atom stereocenters. The summed E-state index contributed by atoms with van der Waals surface area (Å²) >= 11 is 0. The van der Waals surface area contributed by atoms with Crippen LogP contribution in [0.5, 0.6) is 0 Å². The summed E-state index contributed by atoms with van der Waals surface area (Å²) in [5, 5.41) is 5.57. The van der Waals surface area contributed by atoms with Gasteiger partial charge in [-0.15, -0.1) is 0 Å². The Balaban J connectivity index is 1.30. The molecule has 170 valence electrons. The van der Waals surface area contributed by atoms with E-state index in [9.17, 15) is 14.0 Å². The van der Waals surface area contributed by atoms with Crippen LogP contribution in [0.2, 0.25) is 0 Å². The molecule has 0 bridgehead atoms. The fourth-order valence-corrected chi connectivity index (χ4v) is 4.23. The molecule has 1 aliphatic rings. The first-order chi connectivity index (χ1) is 16.1. The van der Waals surface area contributed by atoms with Gasteiger partial charge in [0.15, 0.2) is 5.78 Å². The number of benzene rings is 3. The van der Waals surface area contributed by atoms with E-state index in [1.54, 1.807) is 30.3 Å². The zero-order chi connectivity index (χ0) is 23.0. The number of anilines is 2. The van der Waals surface area contributed by atoms with Gasteiger partial charge in [-0.3, -0.25) is 9.69 Å². The Labute approximate surface area is 193 Å². The average molecular weight is 446 g/mol. The minimum Gasteiger partial charge on any atom is -0.308 e. The summed E-state index contributed by atoms with van der Waals surface area (Å²) in [5.74, 6) is 0.319. The van der Waals surface area contributed by atoms with Crippen LogP contribution in [0.1, 0.15) is 28.8 Å². The maximum absolute atomic E-state index is 13.1. The summed E-state index contributed by atoms with van der Waals surface area (Å²) in [5.41, 5.74) is 2.85. The molecule has 1 aliphatic heterocycles. The SMILES string of the molecule is O=C(Nc1ccccc1)Nc1ccccc1C(=O)CN1CCC(Cc2ccc(F)cc2)CC1. The maximum atomic E-state index is 13.1. The topological polar surface area (TPSA) is 61.4 Å². The van der Waals surface area contributed by atoms with Crippen molar-refractivity contribution in [3.63, 3.8) is 0 Å². The number of hydrogen-bond donors (Lipinski definition) is 2. The summed E-state index contributed by atoms with van der Waals surface area (Å²) < 4.78 is 13.1. The number of para-hydroxylation sites is 2. The lowest BCUT2D eigenvalue weighted by molar-refractivity contribution is 0.0896. The standard InChI is InChI=1S/C27H28FN3O2/c28-22-12-10-20(11-13-22)18-21-14-16-31(17-15-21)19-26(32)24-8-4-5-9-25(24)30-27(33)29-23-6-2-1-3-7-23/h1-13,21H,14-19H2,(H2,29,30,33). The predicted octanol–water partition coefficient (Wildman–Crippen LogP) is 5.61. The first-order valence-electron chi connectivity index (χ1n) is 11.3. The number of likely N-dealkylation sites (tertiary alicyclic amines) is 1. The Morgan fingerprint density at radius 2 is 1.52 bits per heavy atom. The number of halogens is 1. The minimum absolute atomic E-state index is 0.0115. The molecular weight excluding hydrogens is 417 g/mol. The Morgan fingerprint density at radius 3 is 2.24 bits per heavy atom. The third kappa shape index (κ3) is 6.49. The summed E-state index contributed by atoms with van der Waals surface area (Å²) in [7, 11) is 0. The number of carbonyl (C=O) groups excluding carboxylic acids is 2. The van der Waals surface area contributed by atoms with Crippen molar-refractivity contribution in [3.8, 4) is 0 Å². The van der Waals surface area contributed by atoms with Crippen LogP contribution in [0, 0.1) is 11.7 Å². The van der Waals surface area contributed by atoms with Crippen molar-refractivity contribution < 1.29 is 14.0 Å². The highest BCUT2D eigenvalue weighted by molar-refractivity contribution is 6.07. The first kappa shape index (κ1) is 22.7. The first-order valence-corrected chi connectivity index (χ1v) is 11.3. The van der Waals surface area contributed by atoms with E-state index in [4.69, 9.17) is 0 Å². The number of Topliss-reactive ketones (excluding diaryl/α,β-unsaturated/α-hetero) is 1. The summed E-state index contributed by atoms with van der Waals surface area (Å²) in [6.07, 6.45) is 2.94. The van der Waals surface area contributed by atoms with Gasteiger partial charge in [0.2, 0.25) is 0 Å². The van der Waals surface area contributed by atoms with Crippen molar-refractivity contribution in [2.24, 2.45) is 5.92 Å². The molecule has 1 fully saturated rings. The highest BCUT2D eigenvalue weighted by atomic mass is 19.1. The number of carbonyl (C=O) groups is 2. The molecule has 0 spiro atoms. The molecule has 0 aromatic heterocycles. The van der Waals surface area contributed by atoms with Gasteiger partial charge in [-0.05, 0) is 80.2 Å². The molecule has 2 N–H and O–H groups in total. The average Bonchev–Trinajstić information content (AvgIpc) is 2.83. The van der Waals surface area contributed by atoms with Gasteiger partial charge in [0.05, 0.1) is 12.2 Å². The molecular formula is C27H28FN3O2. The summed E-state index contributed by atoms with van der Waals surface area (Å²) in [4.78, 5) is 27.6. The zero-order valence-corrected chi connectivity index (χ0v) is 18.5. The zero-order valence-electron chi connectivity index (χ0n) is 18.5. The van der Waals surface area contributed by atoms with Gasteiger partial charge >= 0.3 is 6.03 Å². The van der Waals surface area contributed by atoms with Crippen LogP contribution >= 0.6 is 0 Å². The van der Waals surface area contributed by atoms with Crippen molar-refractivity contribution in [3.05, 3.63) is 95.8 Å². The number of hydrogen-bond acceptors (Lipinski definition) is 3. The smallest absolute Gasteiger partial charge is 0.308 e. The molecule has 0 radical (unpaired) electrons. The van der Waals surface area contributed by atoms with Gasteiger partial charge < -0.3 is 10.6 Å².